The molecule has 6 heteroatoms. The molecular weight excluding hydrogens is 1480 g/mol. The molecule has 0 fully saturated rings. The van der Waals surface area contributed by atoms with Crippen molar-refractivity contribution < 1.29 is 0 Å². The van der Waals surface area contributed by atoms with E-state index in [0.29, 0.717) is 11.6 Å². The van der Waals surface area contributed by atoms with Crippen LogP contribution in [0.15, 0.2) is 437 Å². The van der Waals surface area contributed by atoms with E-state index >= 15 is 0 Å². The number of aromatic nitrogens is 6. The Kier molecular flexibility index (Phi) is 16.5. The summed E-state index contributed by atoms with van der Waals surface area (Å²) in [5.74, 6) is 1.33. The average Bonchev–Trinajstić information content (AvgIpc) is 1.50. The molecule has 24 aromatic rings. The first-order valence-electron chi connectivity index (χ1n) is 41.7. The van der Waals surface area contributed by atoms with E-state index in [1.165, 1.54) is 70.5 Å². The highest BCUT2D eigenvalue weighted by Crippen LogP contribution is 2.49. The van der Waals surface area contributed by atoms with Gasteiger partial charge in [-0.2, -0.15) is 0 Å². The summed E-state index contributed by atoms with van der Waals surface area (Å²) in [4.78, 5) is 22.0. The van der Waals surface area contributed by atoms with Crippen molar-refractivity contribution in [3.63, 3.8) is 0 Å². The van der Waals surface area contributed by atoms with Gasteiger partial charge in [-0.25, -0.2) is 19.9 Å². The third-order valence-electron chi connectivity index (χ3n) is 25.0. The molecule has 0 spiro atoms. The van der Waals surface area contributed by atoms with Crippen molar-refractivity contribution in [2.75, 3.05) is 0 Å². The van der Waals surface area contributed by atoms with E-state index in [2.05, 4.69) is 446 Å². The smallest absolute Gasteiger partial charge is 0.161 e. The molecule has 0 amide bonds. The lowest BCUT2D eigenvalue weighted by Gasteiger charge is -2.18. The zero-order valence-corrected chi connectivity index (χ0v) is 66.3. The average molecular weight is 1550 g/mol. The molecule has 122 heavy (non-hydrogen) atoms. The number of hydrogen-bond acceptors (Lipinski definition) is 4. The van der Waals surface area contributed by atoms with Gasteiger partial charge in [0, 0.05) is 76.5 Å². The standard InChI is InChI=1S/C116H72N6/c1-4-28-73(29-5-1)74-54-56-79(57-55-74)105-71-104(77-32-6-2-7-33-77)117-115(118-105)101-64-62-92(86-41-15-17-45-90(86)101)95-67-69-110(98-49-23-20-44-89(95)98)122-111-53-27-51-83(112(111)103-61-59-76-31-11-13-40-85(76)114(103)122)81-37-26-36-80(70-81)82-38-14-21-47-96(82)107-72-106(78-34-8-3-9-35-78)119-116(120-107)102-65-63-93(87-42-16-18-46-91(87)102)94-66-68-109(97-48-22-19-43-88(94)97)121-108-52-25-24-50-99(108)100-60-58-75-30-10-12-39-84(75)113(100)121/h1-72H. The van der Waals surface area contributed by atoms with Crippen molar-refractivity contribution in [3.8, 4) is 135 Å². The van der Waals surface area contributed by atoms with Gasteiger partial charge in [0.25, 0.3) is 0 Å². The molecule has 20 aromatic carbocycles. The molecule has 0 radical (unpaired) electrons. The molecular formula is C116H72N6. The Labute approximate surface area is 704 Å². The van der Waals surface area contributed by atoms with Gasteiger partial charge in [-0.15, -0.1) is 0 Å². The van der Waals surface area contributed by atoms with Crippen LogP contribution in [0.3, 0.4) is 0 Å². The van der Waals surface area contributed by atoms with Gasteiger partial charge in [-0.1, -0.05) is 382 Å². The summed E-state index contributed by atoms with van der Waals surface area (Å²) in [6.07, 6.45) is 0. The van der Waals surface area contributed by atoms with E-state index < -0.39 is 0 Å². The van der Waals surface area contributed by atoms with Crippen LogP contribution in [-0.4, -0.2) is 29.1 Å². The van der Waals surface area contributed by atoms with E-state index in [1.807, 2.05) is 0 Å². The van der Waals surface area contributed by atoms with Crippen LogP contribution in [0.4, 0.5) is 0 Å². The quantitative estimate of drug-likeness (QED) is 0.115. The lowest BCUT2D eigenvalue weighted by molar-refractivity contribution is 1.19. The zero-order chi connectivity index (χ0) is 80.3. The summed E-state index contributed by atoms with van der Waals surface area (Å²) in [7, 11) is 0. The summed E-state index contributed by atoms with van der Waals surface area (Å²) in [5, 5.41) is 18.7. The number of benzene rings is 20. The Balaban J connectivity index is 0.613. The highest BCUT2D eigenvalue weighted by atomic mass is 15.0. The van der Waals surface area contributed by atoms with Crippen molar-refractivity contribution in [1.29, 1.82) is 0 Å². The fourth-order valence-corrected chi connectivity index (χ4v) is 19.4. The fourth-order valence-electron chi connectivity index (χ4n) is 19.4. The molecule has 0 aliphatic rings. The molecule has 4 aromatic heterocycles. The monoisotopic (exact) mass is 1550 g/mol. The zero-order valence-electron chi connectivity index (χ0n) is 66.3. The van der Waals surface area contributed by atoms with Gasteiger partial charge in [-0.3, -0.25) is 0 Å². The molecule has 0 bridgehead atoms. The highest BCUT2D eigenvalue weighted by molar-refractivity contribution is 6.25. The van der Waals surface area contributed by atoms with E-state index in [9.17, 15) is 0 Å². The van der Waals surface area contributed by atoms with Crippen LogP contribution in [0, 0.1) is 0 Å². The van der Waals surface area contributed by atoms with Gasteiger partial charge in [0.15, 0.2) is 11.6 Å². The molecule has 0 unspecified atom stereocenters. The molecule has 0 saturated heterocycles. The number of fused-ring (bicyclic) bond motifs is 14. The maximum Gasteiger partial charge on any atom is 0.161 e. The van der Waals surface area contributed by atoms with Crippen LogP contribution in [0.2, 0.25) is 0 Å². The Morgan fingerprint density at radius 2 is 0.484 bits per heavy atom. The maximum atomic E-state index is 5.69. The second-order valence-electron chi connectivity index (χ2n) is 31.7. The van der Waals surface area contributed by atoms with Gasteiger partial charge in [0.2, 0.25) is 0 Å². The molecule has 0 aliphatic carbocycles. The van der Waals surface area contributed by atoms with E-state index in [4.69, 9.17) is 19.9 Å². The topological polar surface area (TPSA) is 61.4 Å². The maximum absolute atomic E-state index is 5.69. The molecule has 24 rings (SSSR count). The van der Waals surface area contributed by atoms with Crippen molar-refractivity contribution in [2.45, 2.75) is 0 Å². The second-order valence-corrected chi connectivity index (χ2v) is 31.7. The largest absolute Gasteiger partial charge is 0.308 e. The molecule has 4 heterocycles. The van der Waals surface area contributed by atoms with E-state index in [1.54, 1.807) is 0 Å². The van der Waals surface area contributed by atoms with Gasteiger partial charge in [0.1, 0.15) is 0 Å². The SMILES string of the molecule is c1ccc(-c2ccc(-c3cc(-c4ccccc4)nc(-c4ccc(-c5ccc(-n6c7cccc(-c8cccc(-c9ccccc9-c9cc(-c%10ccccc%10)nc(-c%10ccc(-c%11ccc(-n%12c%13ccccc%13c%13ccc%14ccccc%14c%13%12)c%12ccccc%11%12)c%11ccccc%10%11)n9)c8)c7c7ccc8ccccc8c76)c6ccccc56)c5ccccc45)n3)cc2)cc1. The molecule has 566 valence electrons. The predicted molar refractivity (Wildman–Crippen MR) is 511 cm³/mol. The van der Waals surface area contributed by atoms with Gasteiger partial charge in [0.05, 0.1) is 56.2 Å². The minimum atomic E-state index is 0.653. The predicted octanol–water partition coefficient (Wildman–Crippen LogP) is 30.7. The van der Waals surface area contributed by atoms with Crippen LogP contribution < -0.4 is 0 Å². The first kappa shape index (κ1) is 70.0. The Bertz CT molecular complexity index is 8370. The van der Waals surface area contributed by atoms with Crippen LogP contribution in [-0.2, 0) is 0 Å². The van der Waals surface area contributed by atoms with Gasteiger partial charge < -0.3 is 9.13 Å². The fraction of sp³-hybridized carbons (Fsp3) is 0. The minimum absolute atomic E-state index is 0.653. The third-order valence-corrected chi connectivity index (χ3v) is 25.0. The van der Waals surface area contributed by atoms with Crippen molar-refractivity contribution >= 4 is 108 Å². The number of nitrogens with zero attached hydrogens (tertiary/aromatic N) is 6. The molecule has 0 saturated carbocycles. The molecule has 0 atom stereocenters. The minimum Gasteiger partial charge on any atom is -0.308 e. The third kappa shape index (κ3) is 11.6. The number of hydrogen-bond donors (Lipinski definition) is 0. The summed E-state index contributed by atoms with van der Waals surface area (Å²) < 4.78 is 5.02. The van der Waals surface area contributed by atoms with Crippen molar-refractivity contribution in [2.24, 2.45) is 0 Å². The first-order chi connectivity index (χ1) is 60.5. The Morgan fingerprint density at radius 3 is 1.02 bits per heavy atom. The summed E-state index contributed by atoms with van der Waals surface area (Å²) in [6, 6.07) is 159. The van der Waals surface area contributed by atoms with Crippen LogP contribution in [0.25, 0.3) is 243 Å². The Morgan fingerprint density at radius 1 is 0.156 bits per heavy atom. The normalized spacial score (nSPS) is 11.8. The number of rotatable bonds is 13. The highest BCUT2D eigenvalue weighted by Gasteiger charge is 2.26. The molecule has 6 nitrogen and oxygen atoms in total. The van der Waals surface area contributed by atoms with Crippen LogP contribution >= 0.6 is 0 Å². The first-order valence-corrected chi connectivity index (χ1v) is 41.7. The van der Waals surface area contributed by atoms with Crippen LogP contribution in [0.1, 0.15) is 0 Å². The van der Waals surface area contributed by atoms with Gasteiger partial charge in [-0.05, 0) is 153 Å². The number of para-hydroxylation sites is 1. The second kappa shape index (κ2) is 28.8. The Hall–Kier alpha value is -16.3. The van der Waals surface area contributed by atoms with E-state index in [0.717, 1.165) is 161 Å². The van der Waals surface area contributed by atoms with E-state index in [-0.39, 0.29) is 0 Å². The van der Waals surface area contributed by atoms with Gasteiger partial charge >= 0.3 is 0 Å². The molecule has 0 N–H and O–H groups in total. The summed E-state index contributed by atoms with van der Waals surface area (Å²) in [6.45, 7) is 0. The summed E-state index contributed by atoms with van der Waals surface area (Å²) >= 11 is 0. The lowest BCUT2D eigenvalue weighted by Crippen LogP contribution is -1.99. The van der Waals surface area contributed by atoms with Crippen LogP contribution in [0.5, 0.6) is 0 Å². The van der Waals surface area contributed by atoms with Crippen molar-refractivity contribution in [3.05, 3.63) is 437 Å². The molecule has 0 aliphatic heterocycles. The lowest BCUT2D eigenvalue weighted by atomic mass is 9.91. The van der Waals surface area contributed by atoms with Crippen molar-refractivity contribution in [1.82, 2.24) is 29.1 Å². The summed E-state index contributed by atoms with van der Waals surface area (Å²) in [5.41, 5.74) is 27.6.